The number of aliphatic imine (C=N–C) groups is 1. The summed E-state index contributed by atoms with van der Waals surface area (Å²) in [6, 6.07) is 0. The lowest BCUT2D eigenvalue weighted by Gasteiger charge is -2.20. The molecule has 0 atom stereocenters. The van der Waals surface area contributed by atoms with E-state index in [9.17, 15) is 0 Å². The fourth-order valence-corrected chi connectivity index (χ4v) is 1.12. The molecule has 0 aromatic carbocycles. The van der Waals surface area contributed by atoms with Crippen molar-refractivity contribution in [2.24, 2.45) is 10.8 Å². The molecule has 0 spiro atoms. The summed E-state index contributed by atoms with van der Waals surface area (Å²) >= 11 is 0. The largest absolute Gasteiger partial charge is 0.385 e. The van der Waals surface area contributed by atoms with Crippen LogP contribution in [-0.4, -0.2) is 57.9 Å². The summed E-state index contributed by atoms with van der Waals surface area (Å²) in [5.41, 5.74) is 2.59. The van der Waals surface area contributed by atoms with Gasteiger partial charge in [-0.15, -0.1) is 0 Å². The molecule has 0 unspecified atom stereocenters. The molecule has 96 valence electrons. The fourth-order valence-electron chi connectivity index (χ4n) is 1.12. The zero-order chi connectivity index (χ0) is 12.2. The minimum Gasteiger partial charge on any atom is -0.385 e. The van der Waals surface area contributed by atoms with Gasteiger partial charge in [-0.25, -0.2) is 5.84 Å². The molecule has 0 aliphatic carbocycles. The number of nitrogens with two attached hydrogens (primary N) is 1. The number of hydrazine groups is 1. The molecule has 0 bridgehead atoms. The molecule has 0 heterocycles. The third-order valence-electron chi connectivity index (χ3n) is 2.03. The summed E-state index contributed by atoms with van der Waals surface area (Å²) in [6.45, 7) is 5.55. The number of nitrogens with one attached hydrogen (secondary N) is 1. The molecule has 0 rings (SSSR count). The van der Waals surface area contributed by atoms with Gasteiger partial charge < -0.3 is 14.4 Å². The highest BCUT2D eigenvalue weighted by molar-refractivity contribution is 5.79. The van der Waals surface area contributed by atoms with E-state index in [-0.39, 0.29) is 0 Å². The molecule has 3 N–H and O–H groups in total. The first-order valence-electron chi connectivity index (χ1n) is 5.55. The van der Waals surface area contributed by atoms with Crippen LogP contribution in [0.5, 0.6) is 0 Å². The summed E-state index contributed by atoms with van der Waals surface area (Å²) < 4.78 is 10.2. The number of guanidine groups is 1. The first kappa shape index (κ1) is 15.2. The van der Waals surface area contributed by atoms with E-state index < -0.39 is 0 Å². The van der Waals surface area contributed by atoms with Crippen LogP contribution in [-0.2, 0) is 9.47 Å². The van der Waals surface area contributed by atoms with E-state index in [4.69, 9.17) is 15.3 Å². The standard InChI is InChI=1S/C10H24N4O2/c1-4-16-9-7-14(2)10(13-11)12-6-5-8-15-3/h4-9,11H2,1-3H3,(H,12,13). The summed E-state index contributed by atoms with van der Waals surface area (Å²) in [7, 11) is 3.61. The third-order valence-corrected chi connectivity index (χ3v) is 2.03. The van der Waals surface area contributed by atoms with E-state index >= 15 is 0 Å². The van der Waals surface area contributed by atoms with Gasteiger partial charge in [0.05, 0.1) is 6.61 Å². The maximum Gasteiger partial charge on any atom is 0.208 e. The van der Waals surface area contributed by atoms with Gasteiger partial charge in [0, 0.05) is 40.5 Å². The Kier molecular flexibility index (Phi) is 10.1. The normalized spacial score (nSPS) is 11.6. The van der Waals surface area contributed by atoms with Crippen molar-refractivity contribution in [3.63, 3.8) is 0 Å². The Balaban J connectivity index is 3.84. The van der Waals surface area contributed by atoms with Gasteiger partial charge in [-0.3, -0.25) is 10.4 Å². The van der Waals surface area contributed by atoms with Gasteiger partial charge >= 0.3 is 0 Å². The average molecular weight is 232 g/mol. The van der Waals surface area contributed by atoms with Crippen LogP contribution < -0.4 is 11.3 Å². The highest BCUT2D eigenvalue weighted by Gasteiger charge is 2.03. The number of nitrogens with zero attached hydrogens (tertiary/aromatic N) is 2. The Morgan fingerprint density at radius 1 is 1.44 bits per heavy atom. The van der Waals surface area contributed by atoms with Gasteiger partial charge in [-0.05, 0) is 13.3 Å². The molecule has 0 aromatic heterocycles. The van der Waals surface area contributed by atoms with E-state index in [1.54, 1.807) is 7.11 Å². The second kappa shape index (κ2) is 10.7. The van der Waals surface area contributed by atoms with Crippen LogP contribution in [0.4, 0.5) is 0 Å². The molecule has 0 saturated heterocycles. The number of methoxy groups -OCH3 is 1. The predicted octanol–water partition coefficient (Wildman–Crippen LogP) is -0.189. The SMILES string of the molecule is CCOCCN(C)C(=NCCCOC)NN. The van der Waals surface area contributed by atoms with E-state index in [0.29, 0.717) is 25.7 Å². The van der Waals surface area contributed by atoms with Crippen molar-refractivity contribution in [1.82, 2.24) is 10.3 Å². The average Bonchev–Trinajstić information content (AvgIpc) is 2.29. The monoisotopic (exact) mass is 232 g/mol. The van der Waals surface area contributed by atoms with Crippen molar-refractivity contribution in [2.45, 2.75) is 13.3 Å². The van der Waals surface area contributed by atoms with E-state index in [0.717, 1.165) is 19.6 Å². The summed E-state index contributed by atoms with van der Waals surface area (Å²) in [5, 5.41) is 0. The van der Waals surface area contributed by atoms with E-state index in [1.807, 2.05) is 18.9 Å². The summed E-state index contributed by atoms with van der Waals surface area (Å²) in [5.74, 6) is 6.07. The molecular weight excluding hydrogens is 208 g/mol. The van der Waals surface area contributed by atoms with E-state index in [1.165, 1.54) is 0 Å². The maximum atomic E-state index is 5.40. The number of hydrogen-bond donors (Lipinski definition) is 2. The van der Waals surface area contributed by atoms with Crippen LogP contribution >= 0.6 is 0 Å². The lowest BCUT2D eigenvalue weighted by Crippen LogP contribution is -2.44. The number of ether oxygens (including phenoxy) is 2. The Hall–Kier alpha value is -0.850. The lowest BCUT2D eigenvalue weighted by atomic mass is 10.4. The van der Waals surface area contributed by atoms with E-state index in [2.05, 4.69) is 10.4 Å². The zero-order valence-electron chi connectivity index (χ0n) is 10.5. The Labute approximate surface area is 97.8 Å². The first-order chi connectivity index (χ1) is 7.76. The fraction of sp³-hybridized carbons (Fsp3) is 0.900. The van der Waals surface area contributed by atoms with Crippen LogP contribution in [0, 0.1) is 0 Å². The Morgan fingerprint density at radius 3 is 2.75 bits per heavy atom. The molecule has 0 radical (unpaired) electrons. The van der Waals surface area contributed by atoms with Crippen molar-refractivity contribution in [3.05, 3.63) is 0 Å². The lowest BCUT2D eigenvalue weighted by molar-refractivity contribution is 0.136. The van der Waals surface area contributed by atoms with Gasteiger partial charge in [0.1, 0.15) is 0 Å². The predicted molar refractivity (Wildman–Crippen MR) is 65.2 cm³/mol. The minimum absolute atomic E-state index is 0.672. The van der Waals surface area contributed by atoms with Crippen molar-refractivity contribution < 1.29 is 9.47 Å². The second-order valence-electron chi connectivity index (χ2n) is 3.31. The van der Waals surface area contributed by atoms with Crippen LogP contribution in [0.25, 0.3) is 0 Å². The quantitative estimate of drug-likeness (QED) is 0.199. The van der Waals surface area contributed by atoms with Gasteiger partial charge in [0.25, 0.3) is 0 Å². The molecule has 0 saturated carbocycles. The molecule has 0 aromatic rings. The highest BCUT2D eigenvalue weighted by atomic mass is 16.5. The second-order valence-corrected chi connectivity index (χ2v) is 3.31. The maximum absolute atomic E-state index is 5.40. The third kappa shape index (κ3) is 7.44. The Morgan fingerprint density at radius 2 is 2.19 bits per heavy atom. The first-order valence-corrected chi connectivity index (χ1v) is 5.55. The van der Waals surface area contributed by atoms with Crippen molar-refractivity contribution in [1.29, 1.82) is 0 Å². The van der Waals surface area contributed by atoms with Gasteiger partial charge in [-0.1, -0.05) is 0 Å². The van der Waals surface area contributed by atoms with Crippen LogP contribution in [0.15, 0.2) is 4.99 Å². The highest BCUT2D eigenvalue weighted by Crippen LogP contribution is 1.88. The number of likely N-dealkylation sites (N-methyl/N-ethyl adjacent to an activating group) is 1. The molecule has 6 nitrogen and oxygen atoms in total. The minimum atomic E-state index is 0.672. The molecular formula is C10H24N4O2. The topological polar surface area (TPSA) is 72.1 Å². The van der Waals surface area contributed by atoms with Gasteiger partial charge in [0.15, 0.2) is 0 Å². The van der Waals surface area contributed by atoms with Crippen LogP contribution in [0.3, 0.4) is 0 Å². The van der Waals surface area contributed by atoms with Gasteiger partial charge in [-0.2, -0.15) is 0 Å². The van der Waals surface area contributed by atoms with Crippen molar-refractivity contribution in [3.8, 4) is 0 Å². The molecule has 16 heavy (non-hydrogen) atoms. The molecule has 0 fully saturated rings. The van der Waals surface area contributed by atoms with Crippen molar-refractivity contribution >= 4 is 5.96 Å². The molecule has 0 aliphatic rings. The number of hydrogen-bond acceptors (Lipinski definition) is 4. The summed E-state index contributed by atoms with van der Waals surface area (Å²) in [4.78, 5) is 6.26. The van der Waals surface area contributed by atoms with Crippen LogP contribution in [0.2, 0.25) is 0 Å². The van der Waals surface area contributed by atoms with Crippen molar-refractivity contribution in [2.75, 3.05) is 47.1 Å². The number of rotatable bonds is 8. The molecule has 0 amide bonds. The van der Waals surface area contributed by atoms with Crippen LogP contribution in [0.1, 0.15) is 13.3 Å². The van der Waals surface area contributed by atoms with Gasteiger partial charge in [0.2, 0.25) is 5.96 Å². The smallest absolute Gasteiger partial charge is 0.208 e. The Bertz CT molecular complexity index is 188. The molecule has 6 heteroatoms. The summed E-state index contributed by atoms with van der Waals surface area (Å²) in [6.07, 6.45) is 0.890. The molecule has 0 aliphatic heterocycles. The zero-order valence-corrected chi connectivity index (χ0v) is 10.5.